The number of aromatic hydroxyl groups is 1. The van der Waals surface area contributed by atoms with E-state index >= 15 is 0 Å². The minimum absolute atomic E-state index is 0.188. The first kappa shape index (κ1) is 19.7. The summed E-state index contributed by atoms with van der Waals surface area (Å²) in [6.07, 6.45) is 5.97. The molecule has 0 aliphatic heterocycles. The minimum atomic E-state index is -0.637. The van der Waals surface area contributed by atoms with Crippen molar-refractivity contribution in [1.29, 1.82) is 0 Å². The predicted octanol–water partition coefficient (Wildman–Crippen LogP) is 2.39. The Morgan fingerprint density at radius 2 is 2.00 bits per heavy atom. The number of benzene rings is 1. The average molecular weight is 369 g/mol. The van der Waals surface area contributed by atoms with Gasteiger partial charge in [0.2, 0.25) is 0 Å². The van der Waals surface area contributed by atoms with E-state index < -0.39 is 17.3 Å². The van der Waals surface area contributed by atoms with Gasteiger partial charge in [0.1, 0.15) is 17.1 Å². The second kappa shape index (κ2) is 9.19. The van der Waals surface area contributed by atoms with Crippen molar-refractivity contribution in [3.05, 3.63) is 75.7 Å². The maximum Gasteiger partial charge on any atom is 0.343 e. The van der Waals surface area contributed by atoms with Crippen molar-refractivity contribution in [2.24, 2.45) is 0 Å². The number of methoxy groups -OCH3 is 1. The van der Waals surface area contributed by atoms with E-state index in [1.165, 1.54) is 25.3 Å². The van der Waals surface area contributed by atoms with E-state index in [0.717, 1.165) is 5.56 Å². The molecule has 140 valence electrons. The van der Waals surface area contributed by atoms with Gasteiger partial charge in [-0.1, -0.05) is 30.4 Å². The van der Waals surface area contributed by atoms with Crippen LogP contribution in [0.4, 0.5) is 0 Å². The van der Waals surface area contributed by atoms with Gasteiger partial charge in [-0.3, -0.25) is 9.59 Å². The van der Waals surface area contributed by atoms with Crippen LogP contribution in [-0.4, -0.2) is 35.6 Å². The number of aryl methyl sites for hydroxylation is 1. The molecule has 1 aromatic carbocycles. The molecule has 1 aromatic heterocycles. The number of esters is 1. The van der Waals surface area contributed by atoms with Gasteiger partial charge >= 0.3 is 5.97 Å². The molecule has 2 aromatic rings. The average Bonchev–Trinajstić information content (AvgIpc) is 2.62. The molecule has 0 radical (unpaired) electrons. The zero-order valence-corrected chi connectivity index (χ0v) is 14.9. The van der Waals surface area contributed by atoms with Gasteiger partial charge in [0.15, 0.2) is 12.4 Å². The van der Waals surface area contributed by atoms with Crippen LogP contribution in [0, 0.1) is 6.92 Å². The maximum absolute atomic E-state index is 12.1. The second-order valence-electron chi connectivity index (χ2n) is 5.56. The molecule has 0 fully saturated rings. The van der Waals surface area contributed by atoms with Gasteiger partial charge in [0, 0.05) is 5.69 Å². The van der Waals surface area contributed by atoms with Gasteiger partial charge < -0.3 is 19.6 Å². The van der Waals surface area contributed by atoms with Crippen LogP contribution in [0.15, 0.2) is 53.4 Å². The van der Waals surface area contributed by atoms with Gasteiger partial charge in [-0.15, -0.1) is 0 Å². The fourth-order valence-corrected chi connectivity index (χ4v) is 2.21. The summed E-state index contributed by atoms with van der Waals surface area (Å²) < 4.78 is 9.79. The van der Waals surface area contributed by atoms with E-state index in [9.17, 15) is 19.5 Å². The van der Waals surface area contributed by atoms with Gasteiger partial charge in [-0.05, 0) is 36.8 Å². The number of carbonyl (C=O) groups excluding carboxylic acids is 2. The zero-order valence-electron chi connectivity index (χ0n) is 14.9. The van der Waals surface area contributed by atoms with Gasteiger partial charge in [-0.2, -0.15) is 0 Å². The van der Waals surface area contributed by atoms with Crippen LogP contribution in [0.5, 0.6) is 11.5 Å². The van der Waals surface area contributed by atoms with Crippen LogP contribution in [0.1, 0.15) is 21.6 Å². The number of H-pyrrole nitrogens is 1. The highest BCUT2D eigenvalue weighted by Crippen LogP contribution is 2.15. The van der Waals surface area contributed by atoms with E-state index in [1.54, 1.807) is 37.3 Å². The fraction of sp³-hybridized carbons (Fsp3) is 0.150. The summed E-state index contributed by atoms with van der Waals surface area (Å²) in [4.78, 5) is 37.4. The van der Waals surface area contributed by atoms with Crippen LogP contribution in [0.25, 0.3) is 6.08 Å². The third-order valence-electron chi connectivity index (χ3n) is 3.48. The van der Waals surface area contributed by atoms with Crippen molar-refractivity contribution in [3.8, 4) is 11.5 Å². The molecule has 0 saturated carbocycles. The molecule has 0 atom stereocenters. The zero-order chi connectivity index (χ0) is 19.8. The molecule has 0 amide bonds. The first-order chi connectivity index (χ1) is 12.9. The number of ether oxygens (including phenoxy) is 2. The lowest BCUT2D eigenvalue weighted by Crippen LogP contribution is -2.17. The minimum Gasteiger partial charge on any atom is -0.507 e. The number of aromatic nitrogens is 1. The monoisotopic (exact) mass is 369 g/mol. The van der Waals surface area contributed by atoms with E-state index in [4.69, 9.17) is 4.74 Å². The second-order valence-corrected chi connectivity index (χ2v) is 5.56. The van der Waals surface area contributed by atoms with E-state index in [1.807, 2.05) is 6.07 Å². The van der Waals surface area contributed by atoms with Crippen LogP contribution in [0.2, 0.25) is 0 Å². The lowest BCUT2D eigenvalue weighted by molar-refractivity contribution is -0.142. The van der Waals surface area contributed by atoms with Gasteiger partial charge in [0.05, 0.1) is 7.11 Å². The highest BCUT2D eigenvalue weighted by Gasteiger charge is 2.13. The molecule has 0 spiro atoms. The van der Waals surface area contributed by atoms with Crippen molar-refractivity contribution in [2.75, 3.05) is 13.7 Å². The highest BCUT2D eigenvalue weighted by molar-refractivity contribution is 6.06. The van der Waals surface area contributed by atoms with Crippen molar-refractivity contribution >= 4 is 17.8 Å². The number of rotatable bonds is 7. The van der Waals surface area contributed by atoms with Crippen LogP contribution >= 0.6 is 0 Å². The third-order valence-corrected chi connectivity index (χ3v) is 3.48. The van der Waals surface area contributed by atoms with Crippen molar-refractivity contribution in [1.82, 2.24) is 4.98 Å². The summed E-state index contributed by atoms with van der Waals surface area (Å²) in [6, 6.07) is 8.30. The summed E-state index contributed by atoms with van der Waals surface area (Å²) in [7, 11) is 1.28. The van der Waals surface area contributed by atoms with Crippen molar-refractivity contribution < 1.29 is 24.2 Å². The van der Waals surface area contributed by atoms with Crippen molar-refractivity contribution in [3.63, 3.8) is 0 Å². The lowest BCUT2D eigenvalue weighted by Gasteiger charge is -2.05. The van der Waals surface area contributed by atoms with Crippen LogP contribution in [-0.2, 0) is 9.53 Å². The Hall–Kier alpha value is -3.61. The van der Waals surface area contributed by atoms with Crippen LogP contribution in [0.3, 0.4) is 0 Å². The number of aromatic amines is 1. The molecule has 0 aliphatic rings. The standard InChI is InChI=1S/C20H19NO6/c1-13-10-17(23)19(20(25)21-13)16(22)9-4-3-6-14-7-5-8-15(11-14)27-12-18(24)26-2/h3-11H,12H2,1-2H3,(H2,21,23,25)/b6-3+,9-4+. The molecular formula is C20H19NO6. The molecule has 0 saturated heterocycles. The summed E-state index contributed by atoms with van der Waals surface area (Å²) in [6.45, 7) is 1.42. The van der Waals surface area contributed by atoms with E-state index in [0.29, 0.717) is 11.4 Å². The Morgan fingerprint density at radius 1 is 1.22 bits per heavy atom. The molecule has 0 aliphatic carbocycles. The molecule has 1 heterocycles. The Morgan fingerprint density at radius 3 is 2.70 bits per heavy atom. The number of carbonyl (C=O) groups is 2. The Kier molecular flexibility index (Phi) is 6.71. The Bertz CT molecular complexity index is 955. The molecule has 2 rings (SSSR count). The number of nitrogens with one attached hydrogen (secondary N) is 1. The third kappa shape index (κ3) is 5.71. The Labute approximate surface area is 155 Å². The van der Waals surface area contributed by atoms with Gasteiger partial charge in [0.25, 0.3) is 5.56 Å². The molecule has 7 nitrogen and oxygen atoms in total. The molecule has 27 heavy (non-hydrogen) atoms. The normalized spacial score (nSPS) is 11.0. The molecule has 2 N–H and O–H groups in total. The molecule has 0 bridgehead atoms. The smallest absolute Gasteiger partial charge is 0.343 e. The summed E-state index contributed by atoms with van der Waals surface area (Å²) in [5, 5.41) is 9.78. The molecule has 7 heteroatoms. The number of allylic oxidation sites excluding steroid dienone is 3. The number of hydrogen-bond donors (Lipinski definition) is 2. The number of ketones is 1. The first-order valence-corrected chi connectivity index (χ1v) is 8.02. The molecule has 0 unspecified atom stereocenters. The fourth-order valence-electron chi connectivity index (χ4n) is 2.21. The molecular weight excluding hydrogens is 350 g/mol. The SMILES string of the molecule is COC(=O)COc1cccc(/C=C/C=C/C(=O)c2c(O)cc(C)[nH]c2=O)c1. The lowest BCUT2D eigenvalue weighted by atomic mass is 10.1. The summed E-state index contributed by atoms with van der Waals surface area (Å²) in [5.41, 5.74) is 0.308. The number of pyridine rings is 1. The first-order valence-electron chi connectivity index (χ1n) is 8.02. The highest BCUT2D eigenvalue weighted by atomic mass is 16.6. The van der Waals surface area contributed by atoms with E-state index in [2.05, 4.69) is 9.72 Å². The predicted molar refractivity (Wildman–Crippen MR) is 99.9 cm³/mol. The van der Waals surface area contributed by atoms with Crippen LogP contribution < -0.4 is 10.3 Å². The summed E-state index contributed by atoms with van der Waals surface area (Å²) >= 11 is 0. The van der Waals surface area contributed by atoms with E-state index in [-0.39, 0.29) is 17.9 Å². The largest absolute Gasteiger partial charge is 0.507 e. The maximum atomic E-state index is 12.1. The quantitative estimate of drug-likeness (QED) is 0.336. The van der Waals surface area contributed by atoms with Crippen molar-refractivity contribution in [2.45, 2.75) is 6.92 Å². The number of hydrogen-bond acceptors (Lipinski definition) is 6. The van der Waals surface area contributed by atoms with Gasteiger partial charge in [-0.25, -0.2) is 4.79 Å². The Balaban J connectivity index is 2.04. The topological polar surface area (TPSA) is 106 Å². The summed E-state index contributed by atoms with van der Waals surface area (Å²) in [5.74, 6) is -0.940.